The Balaban J connectivity index is 2.10. The summed E-state index contributed by atoms with van der Waals surface area (Å²) in [5.41, 5.74) is 1.93. The van der Waals surface area contributed by atoms with Gasteiger partial charge in [-0.2, -0.15) is 0 Å². The second kappa shape index (κ2) is 4.23. The SMILES string of the molecule is Cc1ccc(NC(=O)c2ccc(C)o2)cc1. The van der Waals surface area contributed by atoms with Gasteiger partial charge in [0.1, 0.15) is 5.76 Å². The number of amides is 1. The van der Waals surface area contributed by atoms with Gasteiger partial charge < -0.3 is 9.73 Å². The molecule has 82 valence electrons. The van der Waals surface area contributed by atoms with Crippen molar-refractivity contribution in [2.45, 2.75) is 13.8 Å². The van der Waals surface area contributed by atoms with Crippen LogP contribution in [-0.4, -0.2) is 5.91 Å². The van der Waals surface area contributed by atoms with E-state index < -0.39 is 0 Å². The van der Waals surface area contributed by atoms with Crippen molar-refractivity contribution >= 4 is 11.6 Å². The summed E-state index contributed by atoms with van der Waals surface area (Å²) in [6.07, 6.45) is 0. The van der Waals surface area contributed by atoms with Crippen LogP contribution in [0.1, 0.15) is 21.9 Å². The van der Waals surface area contributed by atoms with Gasteiger partial charge in [0, 0.05) is 5.69 Å². The van der Waals surface area contributed by atoms with Crippen LogP contribution in [0.5, 0.6) is 0 Å². The van der Waals surface area contributed by atoms with Crippen molar-refractivity contribution in [1.82, 2.24) is 0 Å². The van der Waals surface area contributed by atoms with Crippen molar-refractivity contribution in [3.63, 3.8) is 0 Å². The predicted octanol–water partition coefficient (Wildman–Crippen LogP) is 3.15. The Labute approximate surface area is 94.1 Å². The maximum atomic E-state index is 11.7. The molecule has 0 aliphatic carbocycles. The molecule has 0 aliphatic heterocycles. The van der Waals surface area contributed by atoms with E-state index in [2.05, 4.69) is 5.32 Å². The molecular formula is C13H13NO2. The van der Waals surface area contributed by atoms with Crippen LogP contribution in [0.3, 0.4) is 0 Å². The van der Waals surface area contributed by atoms with Gasteiger partial charge in [-0.3, -0.25) is 4.79 Å². The molecular weight excluding hydrogens is 202 g/mol. The molecule has 3 nitrogen and oxygen atoms in total. The van der Waals surface area contributed by atoms with Gasteiger partial charge in [-0.05, 0) is 38.1 Å². The fourth-order valence-electron chi connectivity index (χ4n) is 1.39. The van der Waals surface area contributed by atoms with Crippen LogP contribution in [0, 0.1) is 13.8 Å². The largest absolute Gasteiger partial charge is 0.456 e. The summed E-state index contributed by atoms with van der Waals surface area (Å²) in [4.78, 5) is 11.7. The Morgan fingerprint density at radius 1 is 1.06 bits per heavy atom. The highest BCUT2D eigenvalue weighted by molar-refractivity contribution is 6.02. The lowest BCUT2D eigenvalue weighted by molar-refractivity contribution is 0.0995. The molecule has 1 N–H and O–H groups in total. The smallest absolute Gasteiger partial charge is 0.291 e. The van der Waals surface area contributed by atoms with Crippen LogP contribution in [0.25, 0.3) is 0 Å². The molecule has 1 heterocycles. The van der Waals surface area contributed by atoms with Crippen molar-refractivity contribution in [3.8, 4) is 0 Å². The van der Waals surface area contributed by atoms with Gasteiger partial charge in [-0.1, -0.05) is 17.7 Å². The van der Waals surface area contributed by atoms with Crippen LogP contribution >= 0.6 is 0 Å². The van der Waals surface area contributed by atoms with Crippen molar-refractivity contribution in [2.24, 2.45) is 0 Å². The highest BCUT2D eigenvalue weighted by atomic mass is 16.3. The Morgan fingerprint density at radius 2 is 1.75 bits per heavy atom. The molecule has 0 saturated heterocycles. The van der Waals surface area contributed by atoms with E-state index in [1.165, 1.54) is 0 Å². The summed E-state index contributed by atoms with van der Waals surface area (Å²) in [5.74, 6) is 0.837. The van der Waals surface area contributed by atoms with Gasteiger partial charge in [0.25, 0.3) is 5.91 Å². The average molecular weight is 215 g/mol. The number of hydrogen-bond donors (Lipinski definition) is 1. The number of anilines is 1. The minimum Gasteiger partial charge on any atom is -0.456 e. The molecule has 1 aromatic heterocycles. The molecule has 0 unspecified atom stereocenters. The van der Waals surface area contributed by atoms with Gasteiger partial charge in [0.2, 0.25) is 0 Å². The molecule has 0 atom stereocenters. The number of hydrogen-bond acceptors (Lipinski definition) is 2. The summed E-state index contributed by atoms with van der Waals surface area (Å²) < 4.78 is 5.23. The van der Waals surface area contributed by atoms with E-state index in [1.807, 2.05) is 38.1 Å². The standard InChI is InChI=1S/C13H13NO2/c1-9-3-6-11(7-4-9)14-13(15)12-8-5-10(2)16-12/h3-8H,1-2H3,(H,14,15). The quantitative estimate of drug-likeness (QED) is 0.836. The number of benzene rings is 1. The molecule has 0 radical (unpaired) electrons. The van der Waals surface area contributed by atoms with Crippen molar-refractivity contribution in [2.75, 3.05) is 5.32 Å². The maximum absolute atomic E-state index is 11.7. The van der Waals surface area contributed by atoms with Crippen LogP contribution in [-0.2, 0) is 0 Å². The molecule has 2 rings (SSSR count). The second-order valence-corrected chi connectivity index (χ2v) is 3.73. The zero-order valence-corrected chi connectivity index (χ0v) is 9.28. The third-order valence-corrected chi connectivity index (χ3v) is 2.27. The lowest BCUT2D eigenvalue weighted by atomic mass is 10.2. The third-order valence-electron chi connectivity index (χ3n) is 2.27. The molecule has 0 aliphatic rings. The molecule has 1 amide bonds. The molecule has 1 aromatic carbocycles. The average Bonchev–Trinajstić information content (AvgIpc) is 2.68. The molecule has 0 bridgehead atoms. The Kier molecular flexibility index (Phi) is 2.77. The van der Waals surface area contributed by atoms with E-state index >= 15 is 0 Å². The van der Waals surface area contributed by atoms with E-state index in [4.69, 9.17) is 4.42 Å². The Bertz CT molecular complexity index is 497. The van der Waals surface area contributed by atoms with E-state index in [9.17, 15) is 4.79 Å². The van der Waals surface area contributed by atoms with Gasteiger partial charge >= 0.3 is 0 Å². The van der Waals surface area contributed by atoms with Gasteiger partial charge in [-0.25, -0.2) is 0 Å². The van der Waals surface area contributed by atoms with Crippen molar-refractivity contribution < 1.29 is 9.21 Å². The summed E-state index contributed by atoms with van der Waals surface area (Å²) in [5, 5.41) is 2.77. The van der Waals surface area contributed by atoms with Crippen LogP contribution in [0.2, 0.25) is 0 Å². The number of nitrogens with one attached hydrogen (secondary N) is 1. The second-order valence-electron chi connectivity index (χ2n) is 3.73. The van der Waals surface area contributed by atoms with E-state index in [1.54, 1.807) is 12.1 Å². The van der Waals surface area contributed by atoms with E-state index in [0.29, 0.717) is 5.76 Å². The summed E-state index contributed by atoms with van der Waals surface area (Å²) in [6, 6.07) is 11.1. The normalized spacial score (nSPS) is 10.1. The summed E-state index contributed by atoms with van der Waals surface area (Å²) in [6.45, 7) is 3.81. The molecule has 16 heavy (non-hydrogen) atoms. The fourth-order valence-corrected chi connectivity index (χ4v) is 1.39. The first-order valence-corrected chi connectivity index (χ1v) is 5.09. The first kappa shape index (κ1) is 10.5. The number of carbonyl (C=O) groups excluding carboxylic acids is 1. The minimum absolute atomic E-state index is 0.225. The zero-order valence-electron chi connectivity index (χ0n) is 9.28. The highest BCUT2D eigenvalue weighted by Gasteiger charge is 2.09. The fraction of sp³-hybridized carbons (Fsp3) is 0.154. The van der Waals surface area contributed by atoms with Crippen LogP contribution in [0.15, 0.2) is 40.8 Å². The third kappa shape index (κ3) is 2.31. The monoisotopic (exact) mass is 215 g/mol. The lowest BCUT2D eigenvalue weighted by Crippen LogP contribution is -2.10. The van der Waals surface area contributed by atoms with Crippen molar-refractivity contribution in [3.05, 3.63) is 53.5 Å². The first-order chi connectivity index (χ1) is 7.65. The van der Waals surface area contributed by atoms with Crippen LogP contribution in [0.4, 0.5) is 5.69 Å². The molecule has 0 fully saturated rings. The molecule has 0 saturated carbocycles. The topological polar surface area (TPSA) is 42.2 Å². The summed E-state index contributed by atoms with van der Waals surface area (Å²) >= 11 is 0. The number of furan rings is 1. The van der Waals surface area contributed by atoms with Gasteiger partial charge in [0.15, 0.2) is 5.76 Å². The van der Waals surface area contributed by atoms with E-state index in [-0.39, 0.29) is 5.91 Å². The first-order valence-electron chi connectivity index (χ1n) is 5.09. The number of aryl methyl sites for hydroxylation is 2. The Morgan fingerprint density at radius 3 is 2.31 bits per heavy atom. The number of rotatable bonds is 2. The van der Waals surface area contributed by atoms with Gasteiger partial charge in [0.05, 0.1) is 0 Å². The van der Waals surface area contributed by atoms with E-state index in [0.717, 1.165) is 17.0 Å². The molecule has 3 heteroatoms. The van der Waals surface area contributed by atoms with Crippen LogP contribution < -0.4 is 5.32 Å². The Hall–Kier alpha value is -2.03. The maximum Gasteiger partial charge on any atom is 0.291 e. The van der Waals surface area contributed by atoms with Gasteiger partial charge in [-0.15, -0.1) is 0 Å². The molecule has 0 spiro atoms. The minimum atomic E-state index is -0.225. The number of carbonyl (C=O) groups is 1. The molecule has 2 aromatic rings. The lowest BCUT2D eigenvalue weighted by Gasteiger charge is -2.02. The highest BCUT2D eigenvalue weighted by Crippen LogP contribution is 2.12. The van der Waals surface area contributed by atoms with Crippen molar-refractivity contribution in [1.29, 1.82) is 0 Å². The zero-order chi connectivity index (χ0) is 11.5. The predicted molar refractivity (Wildman–Crippen MR) is 62.6 cm³/mol. The summed E-state index contributed by atoms with van der Waals surface area (Å²) in [7, 11) is 0.